The number of nitrogens with zero attached hydrogens (tertiary/aromatic N) is 2. The van der Waals surface area contributed by atoms with Gasteiger partial charge in [0.25, 0.3) is 0 Å². The maximum atomic E-state index is 12.5. The standard InChI is InChI=1S/C13H18N4O3S/c1-9-7-17(8-10(2)20-9)21(18,19)16-13-11-5-3-4-6-12(11)14-15-13/h3-6,9-10H,7-8H2,1-2H3,(H2,14,15,16). The number of ether oxygens (including phenoxy) is 1. The summed E-state index contributed by atoms with van der Waals surface area (Å²) < 4.78 is 34.5. The van der Waals surface area contributed by atoms with Crippen LogP contribution in [0.2, 0.25) is 0 Å². The van der Waals surface area contributed by atoms with Crippen LogP contribution < -0.4 is 4.72 Å². The average Bonchev–Trinajstić information content (AvgIpc) is 2.81. The lowest BCUT2D eigenvalue weighted by molar-refractivity contribution is -0.0439. The van der Waals surface area contributed by atoms with Crippen molar-refractivity contribution in [1.29, 1.82) is 0 Å². The molecule has 114 valence electrons. The Morgan fingerprint density at radius 1 is 1.29 bits per heavy atom. The fourth-order valence-electron chi connectivity index (χ4n) is 2.55. The minimum Gasteiger partial charge on any atom is -0.373 e. The van der Waals surface area contributed by atoms with E-state index in [9.17, 15) is 8.42 Å². The van der Waals surface area contributed by atoms with Crippen LogP contribution in [0.15, 0.2) is 24.3 Å². The van der Waals surface area contributed by atoms with E-state index in [2.05, 4.69) is 14.9 Å². The topological polar surface area (TPSA) is 87.3 Å². The summed E-state index contributed by atoms with van der Waals surface area (Å²) in [6, 6.07) is 7.37. The third kappa shape index (κ3) is 2.87. The number of hydrogen-bond acceptors (Lipinski definition) is 4. The summed E-state index contributed by atoms with van der Waals surface area (Å²) in [4.78, 5) is 0. The van der Waals surface area contributed by atoms with Crippen molar-refractivity contribution >= 4 is 26.9 Å². The Kier molecular flexibility index (Phi) is 3.60. The molecule has 1 saturated heterocycles. The monoisotopic (exact) mass is 310 g/mol. The number of nitrogens with one attached hydrogen (secondary N) is 2. The first-order valence-electron chi connectivity index (χ1n) is 6.82. The van der Waals surface area contributed by atoms with Gasteiger partial charge >= 0.3 is 10.2 Å². The van der Waals surface area contributed by atoms with Crippen LogP contribution in [0.25, 0.3) is 10.9 Å². The summed E-state index contributed by atoms with van der Waals surface area (Å²) in [5, 5.41) is 7.60. The highest BCUT2D eigenvalue weighted by atomic mass is 32.2. The molecule has 2 aromatic rings. The van der Waals surface area contributed by atoms with E-state index in [0.717, 1.165) is 10.9 Å². The molecule has 1 aliphatic rings. The van der Waals surface area contributed by atoms with Crippen molar-refractivity contribution in [2.75, 3.05) is 17.8 Å². The zero-order valence-electron chi connectivity index (χ0n) is 11.9. The highest BCUT2D eigenvalue weighted by molar-refractivity contribution is 7.90. The van der Waals surface area contributed by atoms with Gasteiger partial charge in [-0.05, 0) is 26.0 Å². The summed E-state index contributed by atoms with van der Waals surface area (Å²) in [7, 11) is -3.64. The molecule has 7 nitrogen and oxygen atoms in total. The number of para-hydroxylation sites is 1. The molecule has 0 bridgehead atoms. The molecule has 1 aliphatic heterocycles. The zero-order chi connectivity index (χ0) is 15.0. The van der Waals surface area contributed by atoms with Crippen LogP contribution >= 0.6 is 0 Å². The number of benzene rings is 1. The van der Waals surface area contributed by atoms with E-state index in [1.165, 1.54) is 4.31 Å². The molecule has 8 heteroatoms. The van der Waals surface area contributed by atoms with E-state index in [1.54, 1.807) is 0 Å². The molecule has 21 heavy (non-hydrogen) atoms. The molecular weight excluding hydrogens is 292 g/mol. The number of aromatic nitrogens is 2. The van der Waals surface area contributed by atoms with E-state index in [4.69, 9.17) is 4.74 Å². The number of hydrogen-bond donors (Lipinski definition) is 2. The molecule has 0 spiro atoms. The van der Waals surface area contributed by atoms with E-state index in [0.29, 0.717) is 18.9 Å². The minimum absolute atomic E-state index is 0.124. The summed E-state index contributed by atoms with van der Waals surface area (Å²) in [6.07, 6.45) is -0.248. The van der Waals surface area contributed by atoms with Crippen molar-refractivity contribution in [3.05, 3.63) is 24.3 Å². The first kappa shape index (κ1) is 14.3. The van der Waals surface area contributed by atoms with Gasteiger partial charge in [0.05, 0.1) is 17.7 Å². The number of aromatic amines is 1. The Bertz CT molecular complexity index is 733. The van der Waals surface area contributed by atoms with Crippen molar-refractivity contribution in [2.24, 2.45) is 0 Å². The smallest absolute Gasteiger partial charge is 0.303 e. The largest absolute Gasteiger partial charge is 0.373 e. The Balaban J connectivity index is 1.86. The number of H-pyrrole nitrogens is 1. The molecule has 1 aromatic carbocycles. The molecule has 2 unspecified atom stereocenters. The van der Waals surface area contributed by atoms with Gasteiger partial charge in [0, 0.05) is 18.5 Å². The fraction of sp³-hybridized carbons (Fsp3) is 0.462. The fourth-order valence-corrected chi connectivity index (χ4v) is 3.90. The number of fused-ring (bicyclic) bond motifs is 1. The van der Waals surface area contributed by atoms with E-state index in [-0.39, 0.29) is 12.2 Å². The van der Waals surface area contributed by atoms with Gasteiger partial charge in [-0.25, -0.2) is 0 Å². The molecule has 0 amide bonds. The van der Waals surface area contributed by atoms with Crippen molar-refractivity contribution in [2.45, 2.75) is 26.1 Å². The first-order chi connectivity index (χ1) is 9.95. The van der Waals surface area contributed by atoms with Gasteiger partial charge in [-0.3, -0.25) is 9.82 Å². The summed E-state index contributed by atoms with van der Waals surface area (Å²) in [5.41, 5.74) is 0.791. The second-order valence-electron chi connectivity index (χ2n) is 5.30. The van der Waals surface area contributed by atoms with Crippen molar-refractivity contribution in [3.8, 4) is 0 Å². The molecule has 2 heterocycles. The Morgan fingerprint density at radius 2 is 1.95 bits per heavy atom. The first-order valence-corrected chi connectivity index (χ1v) is 8.26. The van der Waals surface area contributed by atoms with Crippen LogP contribution in [0, 0.1) is 0 Å². The van der Waals surface area contributed by atoms with Crippen LogP contribution in [0.3, 0.4) is 0 Å². The number of morpholine rings is 1. The van der Waals surface area contributed by atoms with Gasteiger partial charge in [0.1, 0.15) is 0 Å². The van der Waals surface area contributed by atoms with Gasteiger partial charge in [-0.2, -0.15) is 17.8 Å². The third-order valence-electron chi connectivity index (χ3n) is 3.42. The molecule has 2 atom stereocenters. The Morgan fingerprint density at radius 3 is 2.67 bits per heavy atom. The van der Waals surface area contributed by atoms with E-state index < -0.39 is 10.2 Å². The van der Waals surface area contributed by atoms with Crippen LogP contribution in [-0.2, 0) is 14.9 Å². The maximum Gasteiger partial charge on any atom is 0.303 e. The Hall–Kier alpha value is -1.64. The predicted octanol–water partition coefficient (Wildman–Crippen LogP) is 1.33. The van der Waals surface area contributed by atoms with Gasteiger partial charge in [0.15, 0.2) is 5.82 Å². The highest BCUT2D eigenvalue weighted by Crippen LogP contribution is 2.22. The second kappa shape index (κ2) is 5.28. The lowest BCUT2D eigenvalue weighted by Gasteiger charge is -2.34. The average molecular weight is 310 g/mol. The predicted molar refractivity (Wildman–Crippen MR) is 80.2 cm³/mol. The van der Waals surface area contributed by atoms with Gasteiger partial charge in [-0.1, -0.05) is 12.1 Å². The van der Waals surface area contributed by atoms with Gasteiger partial charge in [-0.15, -0.1) is 0 Å². The summed E-state index contributed by atoms with van der Waals surface area (Å²) >= 11 is 0. The second-order valence-corrected chi connectivity index (χ2v) is 6.97. The van der Waals surface area contributed by atoms with Crippen molar-refractivity contribution in [3.63, 3.8) is 0 Å². The van der Waals surface area contributed by atoms with Crippen LogP contribution in [0.4, 0.5) is 5.82 Å². The van der Waals surface area contributed by atoms with Gasteiger partial charge in [0.2, 0.25) is 0 Å². The molecule has 2 N–H and O–H groups in total. The molecule has 1 fully saturated rings. The summed E-state index contributed by atoms with van der Waals surface area (Å²) in [5.74, 6) is 0.317. The molecule has 0 radical (unpaired) electrons. The highest BCUT2D eigenvalue weighted by Gasteiger charge is 2.31. The molecule has 0 aliphatic carbocycles. The molecule has 3 rings (SSSR count). The normalized spacial score (nSPS) is 24.3. The quantitative estimate of drug-likeness (QED) is 0.895. The number of rotatable bonds is 3. The van der Waals surface area contributed by atoms with E-state index in [1.807, 2.05) is 38.1 Å². The third-order valence-corrected chi connectivity index (χ3v) is 4.85. The lowest BCUT2D eigenvalue weighted by Crippen LogP contribution is -2.49. The SMILES string of the molecule is CC1CN(S(=O)(=O)Nc2n[nH]c3ccccc23)CC(C)O1. The van der Waals surface area contributed by atoms with Crippen molar-refractivity contribution in [1.82, 2.24) is 14.5 Å². The van der Waals surface area contributed by atoms with Gasteiger partial charge < -0.3 is 4.74 Å². The number of anilines is 1. The zero-order valence-corrected chi connectivity index (χ0v) is 12.7. The van der Waals surface area contributed by atoms with Crippen molar-refractivity contribution < 1.29 is 13.2 Å². The molecule has 0 saturated carbocycles. The van der Waals surface area contributed by atoms with Crippen LogP contribution in [0.5, 0.6) is 0 Å². The van der Waals surface area contributed by atoms with Crippen LogP contribution in [0.1, 0.15) is 13.8 Å². The molecular formula is C13H18N4O3S. The van der Waals surface area contributed by atoms with Crippen LogP contribution in [-0.4, -0.2) is 48.2 Å². The minimum atomic E-state index is -3.64. The lowest BCUT2D eigenvalue weighted by atomic mass is 10.2. The summed E-state index contributed by atoms with van der Waals surface area (Å²) in [6.45, 7) is 4.40. The maximum absolute atomic E-state index is 12.5. The molecule has 1 aromatic heterocycles. The van der Waals surface area contributed by atoms with E-state index >= 15 is 0 Å². The Labute approximate surface area is 123 Å².